The topological polar surface area (TPSA) is 70.1 Å². The molecule has 1 aromatic rings. The van der Waals surface area contributed by atoms with Crippen LogP contribution in [0.2, 0.25) is 0 Å². The first kappa shape index (κ1) is 11.1. The van der Waals surface area contributed by atoms with Gasteiger partial charge in [0.2, 0.25) is 0 Å². The lowest BCUT2D eigenvalue weighted by atomic mass is 9.94. The van der Waals surface area contributed by atoms with E-state index in [4.69, 9.17) is 10.5 Å². The van der Waals surface area contributed by atoms with Crippen LogP contribution in [0.3, 0.4) is 0 Å². The second-order valence-electron chi connectivity index (χ2n) is 4.01. The average molecular weight is 223 g/mol. The Bertz CT molecular complexity index is 387. The molecule has 0 fully saturated rings. The van der Waals surface area contributed by atoms with Crippen LogP contribution in [0.5, 0.6) is 0 Å². The molecule has 16 heavy (non-hydrogen) atoms. The molecule has 2 rings (SSSR count). The van der Waals surface area contributed by atoms with Crippen molar-refractivity contribution in [2.75, 3.05) is 6.61 Å². The molecule has 0 unspecified atom stereocenters. The monoisotopic (exact) mass is 223 g/mol. The zero-order valence-electron chi connectivity index (χ0n) is 9.48. The van der Waals surface area contributed by atoms with Gasteiger partial charge in [-0.2, -0.15) is 5.10 Å². The molecule has 1 heterocycles. The van der Waals surface area contributed by atoms with Gasteiger partial charge in [0.05, 0.1) is 12.8 Å². The number of hydrogen-bond donors (Lipinski definition) is 1. The number of nitrogens with two attached hydrogens (primary N) is 1. The van der Waals surface area contributed by atoms with Crippen molar-refractivity contribution >= 4 is 5.97 Å². The average Bonchev–Trinajstić information content (AvgIpc) is 2.64. The van der Waals surface area contributed by atoms with Gasteiger partial charge < -0.3 is 10.5 Å². The number of esters is 1. The Hall–Kier alpha value is -1.36. The lowest BCUT2D eigenvalue weighted by molar-refractivity contribution is -0.144. The van der Waals surface area contributed by atoms with Crippen LogP contribution in [0.1, 0.15) is 37.1 Å². The third kappa shape index (κ3) is 2.09. The highest BCUT2D eigenvalue weighted by atomic mass is 16.5. The number of aromatic nitrogens is 2. The van der Waals surface area contributed by atoms with Crippen LogP contribution in [-0.4, -0.2) is 22.4 Å². The van der Waals surface area contributed by atoms with E-state index in [2.05, 4.69) is 5.10 Å². The zero-order valence-corrected chi connectivity index (χ0v) is 9.48. The molecule has 1 aliphatic rings. The van der Waals surface area contributed by atoms with Crippen LogP contribution in [0.15, 0.2) is 6.20 Å². The summed E-state index contributed by atoms with van der Waals surface area (Å²) in [6.45, 7) is 2.39. The molecule has 0 radical (unpaired) electrons. The van der Waals surface area contributed by atoms with Crippen LogP contribution < -0.4 is 5.73 Å². The van der Waals surface area contributed by atoms with E-state index in [1.54, 1.807) is 17.8 Å². The molecular weight excluding hydrogens is 206 g/mol. The van der Waals surface area contributed by atoms with Gasteiger partial charge in [-0.1, -0.05) is 0 Å². The molecule has 1 aliphatic carbocycles. The van der Waals surface area contributed by atoms with Gasteiger partial charge in [-0.15, -0.1) is 0 Å². The summed E-state index contributed by atoms with van der Waals surface area (Å²) in [5.41, 5.74) is 8.15. The molecular formula is C11H17N3O2. The summed E-state index contributed by atoms with van der Waals surface area (Å²) in [5, 5.41) is 4.21. The highest BCUT2D eigenvalue weighted by Crippen LogP contribution is 2.27. The van der Waals surface area contributed by atoms with Crippen molar-refractivity contribution in [3.8, 4) is 0 Å². The second-order valence-corrected chi connectivity index (χ2v) is 4.01. The molecule has 5 heteroatoms. The summed E-state index contributed by atoms with van der Waals surface area (Å²) in [7, 11) is 0. The standard InChI is InChI=1S/C11H17N3O2/c1-2-16-11(15)7-14-10-5-3-4-9(12)8(10)6-13-14/h6,9H,2-5,7,12H2,1H3/t9-/m1/s1. The van der Waals surface area contributed by atoms with E-state index in [1.807, 2.05) is 0 Å². The molecule has 5 nitrogen and oxygen atoms in total. The molecule has 2 N–H and O–H groups in total. The second kappa shape index (κ2) is 4.65. The summed E-state index contributed by atoms with van der Waals surface area (Å²) < 4.78 is 6.62. The number of fused-ring (bicyclic) bond motifs is 1. The highest BCUT2D eigenvalue weighted by Gasteiger charge is 2.22. The molecule has 0 saturated carbocycles. The van der Waals surface area contributed by atoms with Gasteiger partial charge in [0.25, 0.3) is 0 Å². The van der Waals surface area contributed by atoms with Crippen LogP contribution in [0.25, 0.3) is 0 Å². The van der Waals surface area contributed by atoms with Gasteiger partial charge in [0.1, 0.15) is 6.54 Å². The lowest BCUT2D eigenvalue weighted by Crippen LogP contribution is -2.21. The number of hydrogen-bond acceptors (Lipinski definition) is 4. The smallest absolute Gasteiger partial charge is 0.327 e. The van der Waals surface area contributed by atoms with Gasteiger partial charge in [0.15, 0.2) is 0 Å². The lowest BCUT2D eigenvalue weighted by Gasteiger charge is -2.19. The van der Waals surface area contributed by atoms with Crippen LogP contribution in [-0.2, 0) is 22.5 Å². The van der Waals surface area contributed by atoms with Gasteiger partial charge in [-0.05, 0) is 26.2 Å². The summed E-state index contributed by atoms with van der Waals surface area (Å²) >= 11 is 0. The first-order valence-electron chi connectivity index (χ1n) is 5.68. The molecule has 0 amide bonds. The Morgan fingerprint density at radius 3 is 3.31 bits per heavy atom. The SMILES string of the molecule is CCOC(=O)Cn1ncc2c1CCC[C@H]2N. The molecule has 0 aliphatic heterocycles. The number of carbonyl (C=O) groups excluding carboxylic acids is 1. The van der Waals surface area contributed by atoms with Gasteiger partial charge in [-0.25, -0.2) is 0 Å². The molecule has 0 saturated heterocycles. The molecule has 0 bridgehead atoms. The number of carbonyl (C=O) groups is 1. The predicted octanol–water partition coefficient (Wildman–Crippen LogP) is 0.782. The Balaban J connectivity index is 2.14. The fourth-order valence-electron chi connectivity index (χ4n) is 2.12. The van der Waals surface area contributed by atoms with Crippen molar-refractivity contribution in [1.29, 1.82) is 0 Å². The molecule has 1 atom stereocenters. The van der Waals surface area contributed by atoms with E-state index in [0.717, 1.165) is 30.5 Å². The Labute approximate surface area is 94.6 Å². The summed E-state index contributed by atoms with van der Waals surface area (Å²) in [5.74, 6) is -0.243. The minimum absolute atomic E-state index is 0.0692. The summed E-state index contributed by atoms with van der Waals surface area (Å²) in [6, 6.07) is 0.0692. The third-order valence-corrected chi connectivity index (χ3v) is 2.89. The van der Waals surface area contributed by atoms with Gasteiger partial charge in [0, 0.05) is 17.3 Å². The van der Waals surface area contributed by atoms with E-state index in [0.29, 0.717) is 6.61 Å². The van der Waals surface area contributed by atoms with Crippen LogP contribution in [0, 0.1) is 0 Å². The van der Waals surface area contributed by atoms with Crippen molar-refractivity contribution in [3.63, 3.8) is 0 Å². The van der Waals surface area contributed by atoms with E-state index >= 15 is 0 Å². The number of nitrogens with zero attached hydrogens (tertiary/aromatic N) is 2. The fraction of sp³-hybridized carbons (Fsp3) is 0.636. The Kier molecular flexibility index (Phi) is 3.24. The molecule has 0 aromatic carbocycles. The quantitative estimate of drug-likeness (QED) is 0.769. The Morgan fingerprint density at radius 1 is 1.75 bits per heavy atom. The normalized spacial score (nSPS) is 19.2. The largest absolute Gasteiger partial charge is 0.465 e. The van der Waals surface area contributed by atoms with Crippen LogP contribution >= 0.6 is 0 Å². The summed E-state index contributed by atoms with van der Waals surface area (Å²) in [6.07, 6.45) is 4.78. The minimum Gasteiger partial charge on any atom is -0.465 e. The van der Waals surface area contributed by atoms with Crippen molar-refractivity contribution in [1.82, 2.24) is 9.78 Å². The fourth-order valence-corrected chi connectivity index (χ4v) is 2.12. The maximum Gasteiger partial charge on any atom is 0.327 e. The summed E-state index contributed by atoms with van der Waals surface area (Å²) in [4.78, 5) is 11.4. The van der Waals surface area contributed by atoms with Gasteiger partial charge >= 0.3 is 5.97 Å². The van der Waals surface area contributed by atoms with E-state index < -0.39 is 0 Å². The third-order valence-electron chi connectivity index (χ3n) is 2.89. The van der Waals surface area contributed by atoms with Gasteiger partial charge in [-0.3, -0.25) is 9.48 Å². The molecule has 0 spiro atoms. The van der Waals surface area contributed by atoms with E-state index in [9.17, 15) is 4.79 Å². The molecule has 1 aromatic heterocycles. The first-order valence-corrected chi connectivity index (χ1v) is 5.68. The number of ether oxygens (including phenoxy) is 1. The van der Waals surface area contributed by atoms with Crippen LogP contribution in [0.4, 0.5) is 0 Å². The van der Waals surface area contributed by atoms with Crippen molar-refractivity contribution < 1.29 is 9.53 Å². The van der Waals surface area contributed by atoms with Crippen molar-refractivity contribution in [3.05, 3.63) is 17.5 Å². The number of rotatable bonds is 3. The highest BCUT2D eigenvalue weighted by molar-refractivity contribution is 5.69. The minimum atomic E-state index is -0.243. The predicted molar refractivity (Wildman–Crippen MR) is 58.7 cm³/mol. The zero-order chi connectivity index (χ0) is 11.5. The first-order chi connectivity index (χ1) is 7.72. The molecule has 88 valence electrons. The van der Waals surface area contributed by atoms with Crippen molar-refractivity contribution in [2.24, 2.45) is 5.73 Å². The van der Waals surface area contributed by atoms with E-state index in [1.165, 1.54) is 0 Å². The maximum atomic E-state index is 11.4. The van der Waals surface area contributed by atoms with E-state index in [-0.39, 0.29) is 18.6 Å². The Morgan fingerprint density at radius 2 is 2.56 bits per heavy atom. The van der Waals surface area contributed by atoms with Crippen molar-refractivity contribution in [2.45, 2.75) is 38.8 Å². The maximum absolute atomic E-state index is 11.4.